The Labute approximate surface area is 350 Å². The summed E-state index contributed by atoms with van der Waals surface area (Å²) in [6.07, 6.45) is 44.0. The van der Waals surface area contributed by atoms with E-state index in [1.807, 2.05) is 0 Å². The van der Waals surface area contributed by atoms with Gasteiger partial charge in [-0.25, -0.2) is 0 Å². The molecule has 1 aromatic rings. The lowest BCUT2D eigenvalue weighted by Gasteiger charge is -2.13. The molecule has 54 heavy (non-hydrogen) atoms. The zero-order chi connectivity index (χ0) is 39.2. The second-order valence-corrected chi connectivity index (χ2v) is 17.3. The number of carbonyl (C=O) groups excluding carboxylic acids is 2. The molecule has 0 radical (unpaired) electrons. The highest BCUT2D eigenvalue weighted by molar-refractivity contribution is 9.11. The molecule has 2 amide bonds. The van der Waals surface area contributed by atoms with E-state index >= 15 is 0 Å². The second kappa shape index (κ2) is 38.5. The van der Waals surface area contributed by atoms with Crippen molar-refractivity contribution in [2.75, 3.05) is 19.7 Å². The first-order valence-electron chi connectivity index (χ1n) is 22.8. The minimum absolute atomic E-state index is 0.146. The van der Waals surface area contributed by atoms with Crippen molar-refractivity contribution in [3.05, 3.63) is 38.8 Å². The van der Waals surface area contributed by atoms with Gasteiger partial charge in [-0.2, -0.15) is 0 Å². The standard InChI is InChI=1S/C47H82Br2N2O3/c1-3-5-7-9-11-13-15-17-19-21-23-25-27-29-31-34-45(52)50-37-33-39-54-47-43(48)40-42(41-44(47)49)36-38-51-46(53)35-32-30-28-26-24-22-20-18-16-14-12-10-8-6-4-2/h18,20,40-41H,3-17,19,21-39H2,1-2H3,(H,50,52)(H,51,53)/b20-18+. The zero-order valence-electron chi connectivity index (χ0n) is 35.0. The lowest BCUT2D eigenvalue weighted by atomic mass is 10.0. The molecular formula is C47H82Br2N2O3. The smallest absolute Gasteiger partial charge is 0.220 e. The molecule has 0 heterocycles. The van der Waals surface area contributed by atoms with Crippen LogP contribution in [0.25, 0.3) is 0 Å². The van der Waals surface area contributed by atoms with Crippen LogP contribution in [0.15, 0.2) is 33.2 Å². The lowest BCUT2D eigenvalue weighted by Crippen LogP contribution is -2.25. The molecule has 0 saturated heterocycles. The fraction of sp³-hybridized carbons (Fsp3) is 0.787. The summed E-state index contributed by atoms with van der Waals surface area (Å²) >= 11 is 7.32. The molecule has 0 aliphatic heterocycles. The minimum Gasteiger partial charge on any atom is -0.491 e. The van der Waals surface area contributed by atoms with Crippen molar-refractivity contribution in [2.45, 2.75) is 219 Å². The van der Waals surface area contributed by atoms with E-state index in [0.717, 1.165) is 58.8 Å². The van der Waals surface area contributed by atoms with Gasteiger partial charge in [0.05, 0.1) is 15.6 Å². The Kier molecular flexibility index (Phi) is 36.2. The molecule has 0 aliphatic carbocycles. The molecule has 7 heteroatoms. The first-order valence-corrected chi connectivity index (χ1v) is 24.4. The van der Waals surface area contributed by atoms with Gasteiger partial charge in [0, 0.05) is 25.9 Å². The Balaban J connectivity index is 2.00. The normalized spacial score (nSPS) is 11.4. The Morgan fingerprint density at radius 3 is 1.31 bits per heavy atom. The van der Waals surface area contributed by atoms with Crippen molar-refractivity contribution in [1.82, 2.24) is 10.6 Å². The van der Waals surface area contributed by atoms with Crippen LogP contribution in [0, 0.1) is 0 Å². The summed E-state index contributed by atoms with van der Waals surface area (Å²) in [6, 6.07) is 4.13. The summed E-state index contributed by atoms with van der Waals surface area (Å²) in [5.41, 5.74) is 1.13. The molecule has 0 unspecified atom stereocenters. The summed E-state index contributed by atoms with van der Waals surface area (Å²) in [6.45, 7) is 6.34. The fourth-order valence-electron chi connectivity index (χ4n) is 6.91. The van der Waals surface area contributed by atoms with Gasteiger partial charge in [0.1, 0.15) is 5.75 Å². The van der Waals surface area contributed by atoms with Gasteiger partial charge in [0.25, 0.3) is 0 Å². The topological polar surface area (TPSA) is 67.4 Å². The number of nitrogens with one attached hydrogen (secondary N) is 2. The van der Waals surface area contributed by atoms with Gasteiger partial charge in [-0.1, -0.05) is 167 Å². The Hall–Kier alpha value is -1.34. The van der Waals surface area contributed by atoms with E-state index < -0.39 is 0 Å². The third-order valence-corrected chi connectivity index (χ3v) is 11.5. The Bertz CT molecular complexity index is 1040. The number of rotatable bonds is 39. The lowest BCUT2D eigenvalue weighted by molar-refractivity contribution is -0.122. The number of hydrogen-bond acceptors (Lipinski definition) is 3. The summed E-state index contributed by atoms with van der Waals surface area (Å²) in [5, 5.41) is 6.13. The predicted octanol–water partition coefficient (Wildman–Crippen LogP) is 15.1. The van der Waals surface area contributed by atoms with Gasteiger partial charge < -0.3 is 15.4 Å². The molecule has 0 aromatic heterocycles. The summed E-state index contributed by atoms with van der Waals surface area (Å²) in [7, 11) is 0. The van der Waals surface area contributed by atoms with Crippen molar-refractivity contribution in [3.8, 4) is 5.75 Å². The second-order valence-electron chi connectivity index (χ2n) is 15.6. The SMILES string of the molecule is CCCCCCCC/C=C/CCCCCCCC(=O)NCCc1cc(Br)c(OCCCNC(=O)CCCCCCCCCCCCCCCCC)c(Br)c1. The van der Waals surface area contributed by atoms with Crippen LogP contribution in [0.2, 0.25) is 0 Å². The van der Waals surface area contributed by atoms with Gasteiger partial charge >= 0.3 is 0 Å². The van der Waals surface area contributed by atoms with Crippen LogP contribution in [0.5, 0.6) is 5.75 Å². The van der Waals surface area contributed by atoms with E-state index in [-0.39, 0.29) is 11.8 Å². The quantitative estimate of drug-likeness (QED) is 0.0511. The van der Waals surface area contributed by atoms with E-state index in [0.29, 0.717) is 32.5 Å². The van der Waals surface area contributed by atoms with E-state index in [9.17, 15) is 9.59 Å². The van der Waals surface area contributed by atoms with Crippen LogP contribution in [0.3, 0.4) is 0 Å². The molecule has 2 N–H and O–H groups in total. The van der Waals surface area contributed by atoms with E-state index in [2.05, 4.69) is 80.6 Å². The number of allylic oxidation sites excluding steroid dienone is 2. The van der Waals surface area contributed by atoms with Crippen molar-refractivity contribution in [3.63, 3.8) is 0 Å². The third kappa shape index (κ3) is 31.8. The number of benzene rings is 1. The van der Waals surface area contributed by atoms with Gasteiger partial charge in [-0.3, -0.25) is 9.59 Å². The monoisotopic (exact) mass is 880 g/mol. The molecule has 0 bridgehead atoms. The van der Waals surface area contributed by atoms with E-state index in [1.54, 1.807) is 0 Å². The molecule has 0 saturated carbocycles. The van der Waals surface area contributed by atoms with Crippen LogP contribution < -0.4 is 15.4 Å². The molecule has 0 fully saturated rings. The summed E-state index contributed by atoms with van der Waals surface area (Å²) < 4.78 is 7.82. The van der Waals surface area contributed by atoms with Gasteiger partial charge in [-0.05, 0) is 101 Å². The maximum absolute atomic E-state index is 12.3. The average molecular weight is 883 g/mol. The molecule has 1 rings (SSSR count). The number of amides is 2. The molecule has 1 aromatic carbocycles. The van der Waals surface area contributed by atoms with Crippen molar-refractivity contribution < 1.29 is 14.3 Å². The first kappa shape index (κ1) is 50.7. The van der Waals surface area contributed by atoms with E-state index in [1.165, 1.54) is 154 Å². The van der Waals surface area contributed by atoms with Crippen molar-refractivity contribution in [1.29, 1.82) is 0 Å². The molecule has 5 nitrogen and oxygen atoms in total. The molecule has 0 aliphatic rings. The number of carbonyl (C=O) groups is 2. The zero-order valence-corrected chi connectivity index (χ0v) is 38.2. The van der Waals surface area contributed by atoms with Gasteiger partial charge in [0.15, 0.2) is 0 Å². The van der Waals surface area contributed by atoms with Crippen LogP contribution in [-0.4, -0.2) is 31.5 Å². The largest absolute Gasteiger partial charge is 0.491 e. The maximum Gasteiger partial charge on any atom is 0.220 e. The number of ether oxygens (including phenoxy) is 1. The summed E-state index contributed by atoms with van der Waals surface area (Å²) in [4.78, 5) is 24.6. The van der Waals surface area contributed by atoms with Gasteiger partial charge in [0.2, 0.25) is 11.8 Å². The van der Waals surface area contributed by atoms with Crippen LogP contribution in [0.1, 0.15) is 218 Å². The predicted molar refractivity (Wildman–Crippen MR) is 241 cm³/mol. The first-order chi connectivity index (χ1) is 26.5. The van der Waals surface area contributed by atoms with Gasteiger partial charge in [-0.15, -0.1) is 0 Å². The van der Waals surface area contributed by atoms with Crippen molar-refractivity contribution in [2.24, 2.45) is 0 Å². The number of unbranched alkanes of at least 4 members (excludes halogenated alkanes) is 25. The Morgan fingerprint density at radius 1 is 0.519 bits per heavy atom. The maximum atomic E-state index is 12.3. The van der Waals surface area contributed by atoms with Crippen LogP contribution >= 0.6 is 31.9 Å². The van der Waals surface area contributed by atoms with Crippen molar-refractivity contribution >= 4 is 43.7 Å². The van der Waals surface area contributed by atoms with Crippen LogP contribution in [0.4, 0.5) is 0 Å². The number of hydrogen-bond donors (Lipinski definition) is 2. The fourth-order valence-corrected chi connectivity index (χ4v) is 8.42. The molecular weight excluding hydrogens is 800 g/mol. The highest BCUT2D eigenvalue weighted by atomic mass is 79.9. The van der Waals surface area contributed by atoms with Crippen LogP contribution in [-0.2, 0) is 16.0 Å². The minimum atomic E-state index is 0.146. The molecule has 0 atom stereocenters. The average Bonchev–Trinajstić information content (AvgIpc) is 3.15. The highest BCUT2D eigenvalue weighted by Gasteiger charge is 2.10. The highest BCUT2D eigenvalue weighted by Crippen LogP contribution is 2.35. The molecule has 0 spiro atoms. The third-order valence-electron chi connectivity index (χ3n) is 10.4. The summed E-state index contributed by atoms with van der Waals surface area (Å²) in [5.74, 6) is 1.07. The Morgan fingerprint density at radius 2 is 0.889 bits per heavy atom. The van der Waals surface area contributed by atoms with E-state index in [4.69, 9.17) is 4.74 Å². The number of halogens is 2. The molecule has 312 valence electrons.